The highest BCUT2D eigenvalue weighted by molar-refractivity contribution is 5.95. The van der Waals surface area contributed by atoms with Crippen molar-refractivity contribution in [3.63, 3.8) is 0 Å². The molecule has 2 amide bonds. The van der Waals surface area contributed by atoms with Crippen molar-refractivity contribution in [3.8, 4) is 0 Å². The number of aryl methyl sites for hydroxylation is 1. The van der Waals surface area contributed by atoms with E-state index in [9.17, 15) is 14.7 Å². The fourth-order valence-electron chi connectivity index (χ4n) is 3.18. The minimum atomic E-state index is -0.896. The third kappa shape index (κ3) is 4.81. The molecule has 0 spiro atoms. The molecule has 1 aromatic carbocycles. The molecule has 24 heavy (non-hydrogen) atoms. The third-order valence-corrected chi connectivity index (χ3v) is 4.95. The highest BCUT2D eigenvalue weighted by Crippen LogP contribution is 2.31. The van der Waals surface area contributed by atoms with Crippen molar-refractivity contribution in [2.75, 3.05) is 18.9 Å². The molecule has 0 bridgehead atoms. The molecule has 1 saturated carbocycles. The van der Waals surface area contributed by atoms with Gasteiger partial charge in [0.1, 0.15) is 0 Å². The van der Waals surface area contributed by atoms with Crippen molar-refractivity contribution in [3.05, 3.63) is 29.3 Å². The predicted molar refractivity (Wildman–Crippen MR) is 94.8 cm³/mol. The van der Waals surface area contributed by atoms with Gasteiger partial charge in [0, 0.05) is 12.7 Å². The van der Waals surface area contributed by atoms with Crippen LogP contribution in [0.15, 0.2) is 18.2 Å². The van der Waals surface area contributed by atoms with E-state index in [2.05, 4.69) is 5.32 Å². The van der Waals surface area contributed by atoms with Crippen LogP contribution < -0.4 is 5.32 Å². The van der Waals surface area contributed by atoms with E-state index in [-0.39, 0.29) is 24.8 Å². The summed E-state index contributed by atoms with van der Waals surface area (Å²) in [4.78, 5) is 25.9. The molecule has 0 heterocycles. The molecule has 5 heteroatoms. The van der Waals surface area contributed by atoms with Crippen LogP contribution in [0.25, 0.3) is 0 Å². The second-order valence-electron chi connectivity index (χ2n) is 7.01. The van der Waals surface area contributed by atoms with Crippen LogP contribution in [0.5, 0.6) is 0 Å². The van der Waals surface area contributed by atoms with Crippen molar-refractivity contribution in [1.82, 2.24) is 4.90 Å². The minimum Gasteiger partial charge on any atom is -0.389 e. The van der Waals surface area contributed by atoms with Gasteiger partial charge in [0.2, 0.25) is 11.8 Å². The Labute approximate surface area is 144 Å². The topological polar surface area (TPSA) is 69.6 Å². The Morgan fingerprint density at radius 1 is 1.21 bits per heavy atom. The molecule has 1 aliphatic rings. The second kappa shape index (κ2) is 7.79. The number of aliphatic hydroxyl groups is 1. The van der Waals surface area contributed by atoms with Gasteiger partial charge in [0.05, 0.1) is 18.6 Å². The maximum Gasteiger partial charge on any atom is 0.243 e. The fraction of sp³-hybridized carbons (Fsp3) is 0.579. The van der Waals surface area contributed by atoms with E-state index in [1.807, 2.05) is 32.0 Å². The molecule has 0 radical (unpaired) electrons. The Kier molecular flexibility index (Phi) is 5.99. The number of anilines is 1. The Morgan fingerprint density at radius 2 is 1.88 bits per heavy atom. The zero-order valence-corrected chi connectivity index (χ0v) is 14.9. The first-order chi connectivity index (χ1) is 11.3. The van der Waals surface area contributed by atoms with Crippen molar-refractivity contribution < 1.29 is 14.7 Å². The number of nitrogens with one attached hydrogen (secondary N) is 1. The van der Waals surface area contributed by atoms with Gasteiger partial charge in [-0.1, -0.05) is 31.4 Å². The number of rotatable bonds is 5. The molecule has 1 aliphatic carbocycles. The number of hydrogen-bond acceptors (Lipinski definition) is 3. The van der Waals surface area contributed by atoms with E-state index in [0.717, 1.165) is 36.1 Å². The van der Waals surface area contributed by atoms with Crippen LogP contribution in [-0.2, 0) is 9.59 Å². The molecule has 0 atom stereocenters. The molecule has 5 nitrogen and oxygen atoms in total. The quantitative estimate of drug-likeness (QED) is 0.871. The van der Waals surface area contributed by atoms with E-state index in [4.69, 9.17) is 0 Å². The average Bonchev–Trinajstić information content (AvgIpc) is 2.52. The number of nitrogens with zero attached hydrogens (tertiary/aromatic N) is 1. The maximum absolute atomic E-state index is 12.3. The fourth-order valence-corrected chi connectivity index (χ4v) is 3.18. The van der Waals surface area contributed by atoms with Crippen molar-refractivity contribution >= 4 is 17.5 Å². The summed E-state index contributed by atoms with van der Waals surface area (Å²) in [6.07, 6.45) is 4.47. The Morgan fingerprint density at radius 3 is 2.54 bits per heavy atom. The average molecular weight is 332 g/mol. The van der Waals surface area contributed by atoms with E-state index in [1.54, 1.807) is 7.05 Å². The first-order valence-electron chi connectivity index (χ1n) is 8.63. The number of likely N-dealkylation sites (N-methyl/N-ethyl adjacent to an activating group) is 1. The highest BCUT2D eigenvalue weighted by atomic mass is 16.3. The molecule has 0 saturated heterocycles. The van der Waals surface area contributed by atoms with Gasteiger partial charge in [0.25, 0.3) is 0 Å². The first-order valence-corrected chi connectivity index (χ1v) is 8.63. The summed E-state index contributed by atoms with van der Waals surface area (Å²) in [5.74, 6) is -0.411. The largest absolute Gasteiger partial charge is 0.389 e. The van der Waals surface area contributed by atoms with Gasteiger partial charge in [-0.2, -0.15) is 0 Å². The highest BCUT2D eigenvalue weighted by Gasteiger charge is 2.33. The second-order valence-corrected chi connectivity index (χ2v) is 7.01. The minimum absolute atomic E-state index is 0.0116. The molecular formula is C19H28N2O3. The van der Waals surface area contributed by atoms with Crippen LogP contribution in [0.2, 0.25) is 0 Å². The van der Waals surface area contributed by atoms with E-state index >= 15 is 0 Å². The molecule has 2 rings (SSSR count). The first kappa shape index (κ1) is 18.5. The number of carbonyl (C=O) groups excluding carboxylic acids is 2. The SMILES string of the molecule is Cc1cccc(NC(=O)CN(C)C(=O)CC2(O)CCCCC2)c1C. The summed E-state index contributed by atoms with van der Waals surface area (Å²) in [5, 5.41) is 13.3. The zero-order valence-electron chi connectivity index (χ0n) is 14.9. The van der Waals surface area contributed by atoms with Gasteiger partial charge in [-0.25, -0.2) is 0 Å². The summed E-state index contributed by atoms with van der Waals surface area (Å²) in [7, 11) is 1.61. The van der Waals surface area contributed by atoms with Crippen molar-refractivity contribution in [2.24, 2.45) is 0 Å². The van der Waals surface area contributed by atoms with Gasteiger partial charge < -0.3 is 15.3 Å². The van der Waals surface area contributed by atoms with Gasteiger partial charge in [0.15, 0.2) is 0 Å². The van der Waals surface area contributed by atoms with Crippen molar-refractivity contribution in [1.29, 1.82) is 0 Å². The third-order valence-electron chi connectivity index (χ3n) is 4.95. The van der Waals surface area contributed by atoms with E-state index in [0.29, 0.717) is 12.8 Å². The number of benzene rings is 1. The van der Waals surface area contributed by atoms with Crippen LogP contribution in [-0.4, -0.2) is 41.0 Å². The maximum atomic E-state index is 12.3. The Bertz CT molecular complexity index is 607. The van der Waals surface area contributed by atoms with Gasteiger partial charge in [-0.3, -0.25) is 9.59 Å². The van der Waals surface area contributed by atoms with Crippen LogP contribution in [0.1, 0.15) is 49.7 Å². The monoisotopic (exact) mass is 332 g/mol. The summed E-state index contributed by atoms with van der Waals surface area (Å²) >= 11 is 0. The van der Waals surface area contributed by atoms with E-state index in [1.165, 1.54) is 4.90 Å². The molecular weight excluding hydrogens is 304 g/mol. The number of carbonyl (C=O) groups is 2. The molecule has 2 N–H and O–H groups in total. The summed E-state index contributed by atoms with van der Waals surface area (Å²) < 4.78 is 0. The number of amides is 2. The van der Waals surface area contributed by atoms with Crippen LogP contribution in [0.3, 0.4) is 0 Å². The molecule has 0 aliphatic heterocycles. The van der Waals surface area contributed by atoms with E-state index < -0.39 is 5.60 Å². The molecule has 1 fully saturated rings. The Balaban J connectivity index is 1.88. The molecule has 0 aromatic heterocycles. The summed E-state index contributed by atoms with van der Waals surface area (Å²) in [6, 6.07) is 5.74. The van der Waals surface area contributed by atoms with Crippen molar-refractivity contribution in [2.45, 2.75) is 58.0 Å². The van der Waals surface area contributed by atoms with Crippen LogP contribution in [0, 0.1) is 13.8 Å². The lowest BCUT2D eigenvalue weighted by Gasteiger charge is -2.32. The standard InChI is InChI=1S/C19H28N2O3/c1-14-8-7-9-16(15(14)2)20-17(22)13-21(3)18(23)12-19(24)10-5-4-6-11-19/h7-9,24H,4-6,10-13H2,1-3H3,(H,20,22). The normalized spacial score (nSPS) is 16.5. The zero-order chi connectivity index (χ0) is 17.7. The predicted octanol–water partition coefficient (Wildman–Crippen LogP) is 2.79. The summed E-state index contributed by atoms with van der Waals surface area (Å²) in [6.45, 7) is 3.94. The lowest BCUT2D eigenvalue weighted by Crippen LogP contribution is -2.41. The van der Waals surface area contributed by atoms with Crippen LogP contribution >= 0.6 is 0 Å². The number of hydrogen-bond donors (Lipinski definition) is 2. The van der Waals surface area contributed by atoms with Gasteiger partial charge >= 0.3 is 0 Å². The Hall–Kier alpha value is -1.88. The lowest BCUT2D eigenvalue weighted by atomic mass is 9.82. The van der Waals surface area contributed by atoms with Crippen LogP contribution in [0.4, 0.5) is 5.69 Å². The van der Waals surface area contributed by atoms with Gasteiger partial charge in [-0.15, -0.1) is 0 Å². The lowest BCUT2D eigenvalue weighted by molar-refractivity contribution is -0.139. The molecule has 1 aromatic rings. The molecule has 132 valence electrons. The van der Waals surface area contributed by atoms with Gasteiger partial charge in [-0.05, 0) is 43.9 Å². The molecule has 0 unspecified atom stereocenters. The smallest absolute Gasteiger partial charge is 0.243 e. The summed E-state index contributed by atoms with van der Waals surface area (Å²) in [5.41, 5.74) is 2.01.